The van der Waals surface area contributed by atoms with Crippen LogP contribution in [0, 0.1) is 0 Å². The highest BCUT2D eigenvalue weighted by molar-refractivity contribution is 5.82. The Morgan fingerprint density at radius 3 is 1.97 bits per heavy atom. The number of nitrogens with zero attached hydrogens (tertiary/aromatic N) is 1. The number of aliphatic imine (C=N–C) groups is 1. The number of hydrogen-bond acceptors (Lipinski definition) is 2. The summed E-state index contributed by atoms with van der Waals surface area (Å²) in [6, 6.07) is 16.9. The standard InChI is InChI=1S/C27H39NO/c1-3-5-7-9-11-13-24-14-18-26(19-15-24)28-23-25-16-20-27(21-17-25)29-22-12-10-8-6-4-2/h14-21,23H,3-13,22H2,1-2H3. The molecule has 2 nitrogen and oxygen atoms in total. The average Bonchev–Trinajstić information content (AvgIpc) is 2.76. The summed E-state index contributed by atoms with van der Waals surface area (Å²) in [6.45, 7) is 5.31. The van der Waals surface area contributed by atoms with Gasteiger partial charge in [-0.15, -0.1) is 0 Å². The van der Waals surface area contributed by atoms with Gasteiger partial charge in [0.05, 0.1) is 12.3 Å². The summed E-state index contributed by atoms with van der Waals surface area (Å²) in [5, 5.41) is 0. The Kier molecular flexibility index (Phi) is 11.9. The normalized spacial score (nSPS) is 11.2. The summed E-state index contributed by atoms with van der Waals surface area (Å²) < 4.78 is 5.83. The minimum absolute atomic E-state index is 0.808. The molecule has 2 aromatic carbocycles. The molecule has 29 heavy (non-hydrogen) atoms. The summed E-state index contributed by atoms with van der Waals surface area (Å²) in [7, 11) is 0. The van der Waals surface area contributed by atoms with Crippen LogP contribution >= 0.6 is 0 Å². The van der Waals surface area contributed by atoms with Crippen LogP contribution in [0.15, 0.2) is 53.5 Å². The molecule has 0 spiro atoms. The second kappa shape index (κ2) is 14.8. The molecule has 158 valence electrons. The van der Waals surface area contributed by atoms with Crippen LogP contribution in [0.5, 0.6) is 5.75 Å². The third-order valence-electron chi connectivity index (χ3n) is 5.26. The van der Waals surface area contributed by atoms with Gasteiger partial charge < -0.3 is 4.74 Å². The van der Waals surface area contributed by atoms with E-state index in [-0.39, 0.29) is 0 Å². The molecule has 0 saturated carbocycles. The Labute approximate surface area is 178 Å². The summed E-state index contributed by atoms with van der Waals surface area (Å²) in [5.41, 5.74) is 3.52. The zero-order chi connectivity index (χ0) is 20.6. The van der Waals surface area contributed by atoms with Crippen LogP contribution in [0.3, 0.4) is 0 Å². The quantitative estimate of drug-likeness (QED) is 0.220. The summed E-state index contributed by atoms with van der Waals surface area (Å²) in [6.07, 6.45) is 16.1. The van der Waals surface area contributed by atoms with Gasteiger partial charge >= 0.3 is 0 Å². The van der Waals surface area contributed by atoms with Crippen molar-refractivity contribution in [2.24, 2.45) is 4.99 Å². The maximum absolute atomic E-state index is 5.83. The smallest absolute Gasteiger partial charge is 0.119 e. The van der Waals surface area contributed by atoms with Crippen molar-refractivity contribution in [1.29, 1.82) is 0 Å². The predicted molar refractivity (Wildman–Crippen MR) is 127 cm³/mol. The van der Waals surface area contributed by atoms with Crippen molar-refractivity contribution < 1.29 is 4.74 Å². The van der Waals surface area contributed by atoms with Crippen molar-refractivity contribution in [3.05, 3.63) is 59.7 Å². The van der Waals surface area contributed by atoms with Crippen molar-refractivity contribution in [2.45, 2.75) is 84.5 Å². The minimum Gasteiger partial charge on any atom is -0.494 e. The van der Waals surface area contributed by atoms with Gasteiger partial charge in [0.1, 0.15) is 5.75 Å². The molecule has 0 saturated heterocycles. The van der Waals surface area contributed by atoms with Gasteiger partial charge in [-0.3, -0.25) is 4.99 Å². The van der Waals surface area contributed by atoms with E-state index in [2.05, 4.69) is 55.2 Å². The molecule has 0 aromatic heterocycles. The fraction of sp³-hybridized carbons (Fsp3) is 0.519. The van der Waals surface area contributed by atoms with Crippen LogP contribution in [-0.2, 0) is 6.42 Å². The summed E-state index contributed by atoms with van der Waals surface area (Å²) in [4.78, 5) is 4.61. The molecule has 0 unspecified atom stereocenters. The first-order chi connectivity index (χ1) is 14.3. The van der Waals surface area contributed by atoms with Gasteiger partial charge in [-0.25, -0.2) is 0 Å². The minimum atomic E-state index is 0.808. The van der Waals surface area contributed by atoms with Crippen molar-refractivity contribution in [2.75, 3.05) is 6.61 Å². The van der Waals surface area contributed by atoms with Crippen LogP contribution in [0.1, 0.15) is 89.2 Å². The Hall–Kier alpha value is -2.09. The zero-order valence-corrected chi connectivity index (χ0v) is 18.5. The monoisotopic (exact) mass is 393 g/mol. The van der Waals surface area contributed by atoms with Crippen LogP contribution in [0.2, 0.25) is 0 Å². The van der Waals surface area contributed by atoms with Crippen LogP contribution < -0.4 is 4.74 Å². The van der Waals surface area contributed by atoms with E-state index in [4.69, 9.17) is 4.74 Å². The van der Waals surface area contributed by atoms with Gasteiger partial charge in [0, 0.05) is 6.21 Å². The number of aryl methyl sites for hydroxylation is 1. The molecule has 0 amide bonds. The van der Waals surface area contributed by atoms with E-state index in [0.717, 1.165) is 30.0 Å². The average molecular weight is 394 g/mol. The largest absolute Gasteiger partial charge is 0.494 e. The topological polar surface area (TPSA) is 21.6 Å². The third kappa shape index (κ3) is 10.3. The molecule has 0 N–H and O–H groups in total. The van der Waals surface area contributed by atoms with E-state index < -0.39 is 0 Å². The summed E-state index contributed by atoms with van der Waals surface area (Å²) in [5.74, 6) is 0.945. The SMILES string of the molecule is CCCCCCCOc1ccc(C=Nc2ccc(CCCCCCC)cc2)cc1. The first kappa shape index (κ1) is 23.2. The van der Waals surface area contributed by atoms with E-state index in [0.29, 0.717) is 0 Å². The number of unbranched alkanes of at least 4 members (excludes halogenated alkanes) is 8. The fourth-order valence-electron chi connectivity index (χ4n) is 3.38. The van der Waals surface area contributed by atoms with Gasteiger partial charge in [-0.1, -0.05) is 77.3 Å². The van der Waals surface area contributed by atoms with Gasteiger partial charge in [0.2, 0.25) is 0 Å². The number of ether oxygens (including phenoxy) is 1. The van der Waals surface area contributed by atoms with Crippen molar-refractivity contribution in [3.63, 3.8) is 0 Å². The number of benzene rings is 2. The third-order valence-corrected chi connectivity index (χ3v) is 5.26. The Bertz CT molecular complexity index is 673. The second-order valence-corrected chi connectivity index (χ2v) is 7.92. The Balaban J connectivity index is 1.70. The van der Waals surface area contributed by atoms with E-state index in [9.17, 15) is 0 Å². The Morgan fingerprint density at radius 1 is 0.690 bits per heavy atom. The van der Waals surface area contributed by atoms with E-state index in [1.54, 1.807) is 0 Å². The highest BCUT2D eigenvalue weighted by Crippen LogP contribution is 2.17. The molecule has 2 aromatic rings. The first-order valence-electron chi connectivity index (χ1n) is 11.7. The van der Waals surface area contributed by atoms with Gasteiger partial charge in [-0.05, 0) is 66.8 Å². The van der Waals surface area contributed by atoms with E-state index >= 15 is 0 Å². The zero-order valence-electron chi connectivity index (χ0n) is 18.5. The van der Waals surface area contributed by atoms with Gasteiger partial charge in [0.15, 0.2) is 0 Å². The highest BCUT2D eigenvalue weighted by Gasteiger charge is 1.97. The molecule has 0 aliphatic heterocycles. The summed E-state index contributed by atoms with van der Waals surface area (Å²) >= 11 is 0. The second-order valence-electron chi connectivity index (χ2n) is 7.92. The molecular weight excluding hydrogens is 354 g/mol. The maximum atomic E-state index is 5.83. The van der Waals surface area contributed by atoms with E-state index in [1.807, 2.05) is 18.3 Å². The molecule has 0 atom stereocenters. The highest BCUT2D eigenvalue weighted by atomic mass is 16.5. The molecule has 0 aliphatic rings. The lowest BCUT2D eigenvalue weighted by atomic mass is 10.1. The van der Waals surface area contributed by atoms with Crippen LogP contribution in [0.4, 0.5) is 5.69 Å². The molecular formula is C27H39NO. The van der Waals surface area contributed by atoms with Crippen LogP contribution in [0.25, 0.3) is 0 Å². The van der Waals surface area contributed by atoms with Crippen molar-refractivity contribution >= 4 is 11.9 Å². The predicted octanol–water partition coefficient (Wildman–Crippen LogP) is 8.30. The molecule has 2 rings (SSSR count). The first-order valence-corrected chi connectivity index (χ1v) is 11.7. The Morgan fingerprint density at radius 2 is 1.31 bits per heavy atom. The molecule has 0 fully saturated rings. The van der Waals surface area contributed by atoms with Gasteiger partial charge in [0.25, 0.3) is 0 Å². The van der Waals surface area contributed by atoms with E-state index in [1.165, 1.54) is 69.8 Å². The fourth-order valence-corrected chi connectivity index (χ4v) is 3.38. The number of hydrogen-bond donors (Lipinski definition) is 0. The molecule has 0 bridgehead atoms. The molecule has 0 aliphatic carbocycles. The lowest BCUT2D eigenvalue weighted by Gasteiger charge is -2.06. The van der Waals surface area contributed by atoms with Crippen molar-refractivity contribution in [1.82, 2.24) is 0 Å². The molecule has 0 radical (unpaired) electrons. The molecule has 0 heterocycles. The lowest BCUT2D eigenvalue weighted by Crippen LogP contribution is -1.97. The molecule has 2 heteroatoms. The van der Waals surface area contributed by atoms with Crippen molar-refractivity contribution in [3.8, 4) is 5.75 Å². The van der Waals surface area contributed by atoms with Gasteiger partial charge in [-0.2, -0.15) is 0 Å². The van der Waals surface area contributed by atoms with Crippen LogP contribution in [-0.4, -0.2) is 12.8 Å². The lowest BCUT2D eigenvalue weighted by molar-refractivity contribution is 0.304. The number of rotatable bonds is 15. The maximum Gasteiger partial charge on any atom is 0.119 e.